The van der Waals surface area contributed by atoms with Crippen LogP contribution in [0, 0.1) is 0 Å². The van der Waals surface area contributed by atoms with Crippen LogP contribution in [0.3, 0.4) is 0 Å². The Labute approximate surface area is 201 Å². The lowest BCUT2D eigenvalue weighted by molar-refractivity contribution is -0.140. The Morgan fingerprint density at radius 3 is 2.36 bits per heavy atom. The minimum atomic E-state index is -4.90. The summed E-state index contributed by atoms with van der Waals surface area (Å²) in [5.74, 6) is -4.04. The molecule has 1 atom stereocenters. The van der Waals surface area contributed by atoms with Crippen molar-refractivity contribution in [2.75, 3.05) is 11.1 Å². The summed E-state index contributed by atoms with van der Waals surface area (Å²) in [6.45, 7) is 0.0143. The summed E-state index contributed by atoms with van der Waals surface area (Å²) >= 11 is 0. The van der Waals surface area contributed by atoms with Crippen LogP contribution in [0.25, 0.3) is 11.2 Å². The normalized spacial score (nSPS) is 12.1. The second-order valence-electron chi connectivity index (χ2n) is 7.28. The fourth-order valence-corrected chi connectivity index (χ4v) is 3.66. The van der Waals surface area contributed by atoms with Gasteiger partial charge in [-0.25, -0.2) is 14.8 Å². The van der Waals surface area contributed by atoms with Gasteiger partial charge in [0.15, 0.2) is 11.2 Å². The average molecular weight is 521 g/mol. The number of nitrogens with one attached hydrogen (secondary N) is 2. The highest BCUT2D eigenvalue weighted by Gasteiger charge is 2.22. The molecule has 7 N–H and O–H groups in total. The van der Waals surface area contributed by atoms with Gasteiger partial charge in [0, 0.05) is 17.7 Å². The number of nitrogen functional groups attached to an aromatic ring is 1. The molecule has 0 aliphatic heterocycles. The maximum atomic E-state index is 12.3. The summed E-state index contributed by atoms with van der Waals surface area (Å²) in [5.41, 5.74) is 4.34. The van der Waals surface area contributed by atoms with Crippen LogP contribution in [0.15, 0.2) is 35.3 Å². The third-order valence-corrected chi connectivity index (χ3v) is 5.55. The Morgan fingerprint density at radius 2 is 1.78 bits per heavy atom. The Hall–Kier alpha value is -4.64. The maximum absolute atomic E-state index is 12.3. The van der Waals surface area contributed by atoms with Crippen LogP contribution in [0.5, 0.6) is 0 Å². The SMILES string of the molecule is Nc1nc(=O)c2nc(CNc3ccc(C(=O)N[C@@H](CCC(=O)O)C(=O)O)cc3)cnc2n1S(=O)(=O)O. The molecule has 0 aliphatic carbocycles. The first-order valence-corrected chi connectivity index (χ1v) is 11.4. The maximum Gasteiger partial charge on any atom is 0.368 e. The van der Waals surface area contributed by atoms with E-state index in [9.17, 15) is 32.1 Å². The van der Waals surface area contributed by atoms with E-state index in [0.29, 0.717) is 5.69 Å². The van der Waals surface area contributed by atoms with E-state index in [4.69, 9.17) is 15.9 Å². The van der Waals surface area contributed by atoms with E-state index >= 15 is 0 Å². The number of carbonyl (C=O) groups is 3. The van der Waals surface area contributed by atoms with Gasteiger partial charge in [-0.3, -0.25) is 18.9 Å². The average Bonchev–Trinajstić information content (AvgIpc) is 2.79. The number of amides is 1. The lowest BCUT2D eigenvalue weighted by atomic mass is 10.1. The summed E-state index contributed by atoms with van der Waals surface area (Å²) < 4.78 is 32.6. The number of fused-ring (bicyclic) bond motifs is 1. The summed E-state index contributed by atoms with van der Waals surface area (Å²) in [5, 5.41) is 23.1. The van der Waals surface area contributed by atoms with Crippen LogP contribution in [-0.4, -0.2) is 66.0 Å². The monoisotopic (exact) mass is 521 g/mol. The van der Waals surface area contributed by atoms with Crippen molar-refractivity contribution in [1.29, 1.82) is 0 Å². The minimum Gasteiger partial charge on any atom is -0.481 e. The van der Waals surface area contributed by atoms with Crippen LogP contribution >= 0.6 is 0 Å². The van der Waals surface area contributed by atoms with Crippen LogP contribution in [0.4, 0.5) is 11.6 Å². The second-order valence-corrected chi connectivity index (χ2v) is 8.54. The number of anilines is 2. The lowest BCUT2D eigenvalue weighted by Gasteiger charge is -2.14. The molecule has 0 spiro atoms. The first kappa shape index (κ1) is 26.0. The quantitative estimate of drug-likeness (QED) is 0.176. The smallest absolute Gasteiger partial charge is 0.368 e. The number of nitrogens with two attached hydrogens (primary N) is 1. The second kappa shape index (κ2) is 10.3. The lowest BCUT2D eigenvalue weighted by Crippen LogP contribution is -2.41. The first-order chi connectivity index (χ1) is 16.9. The molecule has 36 heavy (non-hydrogen) atoms. The summed E-state index contributed by atoms with van der Waals surface area (Å²) in [6, 6.07) is 4.44. The fraction of sp³-hybridized carbons (Fsp3) is 0.211. The highest BCUT2D eigenvalue weighted by Crippen LogP contribution is 2.14. The molecule has 0 bridgehead atoms. The molecule has 0 unspecified atom stereocenters. The van der Waals surface area contributed by atoms with Crippen molar-refractivity contribution in [2.24, 2.45) is 0 Å². The van der Waals surface area contributed by atoms with Gasteiger partial charge in [0.1, 0.15) is 6.04 Å². The van der Waals surface area contributed by atoms with E-state index in [1.165, 1.54) is 24.3 Å². The Morgan fingerprint density at radius 1 is 1.11 bits per heavy atom. The van der Waals surface area contributed by atoms with Crippen molar-refractivity contribution in [3.8, 4) is 0 Å². The molecular formula is C19H19N7O9S. The number of benzene rings is 1. The van der Waals surface area contributed by atoms with Crippen molar-refractivity contribution in [2.45, 2.75) is 25.4 Å². The molecule has 17 heteroatoms. The van der Waals surface area contributed by atoms with Gasteiger partial charge in [-0.05, 0) is 30.7 Å². The van der Waals surface area contributed by atoms with Crippen LogP contribution in [-0.2, 0) is 26.4 Å². The Balaban J connectivity index is 1.71. The topological polar surface area (TPSA) is 257 Å². The highest BCUT2D eigenvalue weighted by atomic mass is 32.2. The van der Waals surface area contributed by atoms with Gasteiger partial charge in [0.2, 0.25) is 5.95 Å². The number of carboxylic acids is 2. The van der Waals surface area contributed by atoms with E-state index in [1.807, 2.05) is 0 Å². The predicted octanol–water partition coefficient (Wildman–Crippen LogP) is -0.920. The number of hydrogen-bond acceptors (Lipinski definition) is 11. The third-order valence-electron chi connectivity index (χ3n) is 4.72. The van der Waals surface area contributed by atoms with E-state index in [1.54, 1.807) is 0 Å². The van der Waals surface area contributed by atoms with Crippen LogP contribution in [0.2, 0.25) is 0 Å². The van der Waals surface area contributed by atoms with Gasteiger partial charge < -0.3 is 26.6 Å². The highest BCUT2D eigenvalue weighted by molar-refractivity contribution is 7.84. The number of rotatable bonds is 10. The van der Waals surface area contributed by atoms with Gasteiger partial charge in [-0.15, -0.1) is 0 Å². The van der Waals surface area contributed by atoms with Crippen LogP contribution in [0.1, 0.15) is 28.9 Å². The van der Waals surface area contributed by atoms with Crippen LogP contribution < -0.4 is 21.9 Å². The number of carbonyl (C=O) groups excluding carboxylic acids is 1. The van der Waals surface area contributed by atoms with Gasteiger partial charge in [0.25, 0.3) is 5.91 Å². The summed E-state index contributed by atoms with van der Waals surface area (Å²) in [7, 11) is -4.90. The van der Waals surface area contributed by atoms with Gasteiger partial charge >= 0.3 is 27.8 Å². The Bertz CT molecular complexity index is 1500. The first-order valence-electron chi connectivity index (χ1n) is 9.98. The molecule has 0 saturated heterocycles. The van der Waals surface area contributed by atoms with Crippen molar-refractivity contribution in [3.63, 3.8) is 0 Å². The molecule has 16 nitrogen and oxygen atoms in total. The zero-order valence-electron chi connectivity index (χ0n) is 18.2. The number of aromatic nitrogens is 4. The zero-order chi connectivity index (χ0) is 26.6. The molecule has 0 fully saturated rings. The van der Waals surface area contributed by atoms with E-state index < -0.39 is 63.3 Å². The minimum absolute atomic E-state index is 0.0143. The van der Waals surface area contributed by atoms with Crippen molar-refractivity contribution >= 4 is 50.9 Å². The van der Waals surface area contributed by atoms with Crippen molar-refractivity contribution < 1.29 is 37.6 Å². The molecule has 0 aliphatic rings. The molecule has 0 radical (unpaired) electrons. The van der Waals surface area contributed by atoms with Gasteiger partial charge in [-0.2, -0.15) is 17.4 Å². The molecule has 0 saturated carbocycles. The standard InChI is InChI=1S/C19H19N7O9S/c20-19-25-17(30)14-15(26(19)36(33,34)35)22-8-11(23-14)7-21-10-3-1-9(2-4-10)16(29)24-12(18(31)32)5-6-13(27)28/h1-4,8,12,21H,5-7H2,(H,24,29)(H,27,28)(H,31,32)(H2,20,25,30)(H,33,34,35)/t12-/m0/s1. The predicted molar refractivity (Wildman–Crippen MR) is 122 cm³/mol. The number of nitrogens with zero attached hydrogens (tertiary/aromatic N) is 4. The molecule has 1 amide bonds. The molecule has 3 rings (SSSR count). The van der Waals surface area contributed by atoms with E-state index in [-0.39, 0.29) is 28.2 Å². The van der Waals surface area contributed by atoms with Crippen molar-refractivity contribution in [1.82, 2.24) is 24.2 Å². The molecule has 2 aromatic heterocycles. The molecule has 190 valence electrons. The zero-order valence-corrected chi connectivity index (χ0v) is 19.0. The molecule has 2 heterocycles. The summed E-state index contributed by atoms with van der Waals surface area (Å²) in [4.78, 5) is 57.5. The summed E-state index contributed by atoms with van der Waals surface area (Å²) in [6.07, 6.45) is 0.450. The number of carboxylic acid groups (broad SMARTS) is 2. The van der Waals surface area contributed by atoms with Crippen molar-refractivity contribution in [3.05, 3.63) is 52.1 Å². The van der Waals surface area contributed by atoms with Gasteiger partial charge in [0.05, 0.1) is 18.4 Å². The Kier molecular flexibility index (Phi) is 7.45. The fourth-order valence-electron chi connectivity index (χ4n) is 3.03. The van der Waals surface area contributed by atoms with E-state index in [2.05, 4.69) is 25.6 Å². The largest absolute Gasteiger partial charge is 0.481 e. The number of aliphatic carboxylic acids is 2. The number of hydrogen-bond donors (Lipinski definition) is 6. The molecule has 3 aromatic rings. The third kappa shape index (κ3) is 6.07. The molecule has 1 aromatic carbocycles. The van der Waals surface area contributed by atoms with E-state index in [0.717, 1.165) is 6.20 Å². The van der Waals surface area contributed by atoms with Gasteiger partial charge in [-0.1, -0.05) is 0 Å². The molecular weight excluding hydrogens is 502 g/mol.